The van der Waals surface area contributed by atoms with E-state index >= 15 is 0 Å². The lowest BCUT2D eigenvalue weighted by atomic mass is 10.1. The normalized spacial score (nSPS) is 15.1. The Labute approximate surface area is 306 Å². The highest BCUT2D eigenvalue weighted by Gasteiger charge is 2.43. The number of rotatable bonds is 7. The minimum Gasteiger partial charge on any atom is -0.439 e. The third kappa shape index (κ3) is 7.22. The number of fused-ring (bicyclic) bond motifs is 2. The third-order valence-electron chi connectivity index (χ3n) is 8.57. The van der Waals surface area contributed by atoms with Gasteiger partial charge in [0, 0.05) is 69.9 Å². The molecule has 1 saturated heterocycles. The van der Waals surface area contributed by atoms with Gasteiger partial charge in [-0.1, -0.05) is 29.3 Å². The fourth-order valence-corrected chi connectivity index (χ4v) is 6.19. The van der Waals surface area contributed by atoms with E-state index in [1.807, 2.05) is 40.8 Å². The molecule has 260 valence electrons. The zero-order valence-electron chi connectivity index (χ0n) is 26.7. The molecule has 2 aliphatic heterocycles. The second kappa shape index (κ2) is 14.1. The fraction of sp³-hybridized carbons (Fsp3) is 0.229. The molecule has 0 atom stereocenters. The number of alkyl halides is 2. The SMILES string of the molecule is Br.CN(C(=O)c1ccc(Cl)c(Cl)c1)c1ccc(Oc2ccc3cc(C(=O)N4CCN(Cc5ccc6c(c5)OC(F)(F)O6)CC4)n(C)c3c2)nc1. The molecule has 0 saturated carbocycles. The fourth-order valence-electron chi connectivity index (χ4n) is 5.89. The molecule has 2 aliphatic rings. The molecule has 4 heterocycles. The molecule has 2 amide bonds. The molecule has 5 aromatic rings. The number of anilines is 1. The first-order valence-electron chi connectivity index (χ1n) is 15.3. The first-order chi connectivity index (χ1) is 23.4. The van der Waals surface area contributed by atoms with Crippen molar-refractivity contribution in [1.82, 2.24) is 19.4 Å². The van der Waals surface area contributed by atoms with Gasteiger partial charge in [-0.3, -0.25) is 14.5 Å². The summed E-state index contributed by atoms with van der Waals surface area (Å²) in [4.78, 5) is 36.3. The summed E-state index contributed by atoms with van der Waals surface area (Å²) in [5.41, 5.74) is 3.14. The Morgan fingerprint density at radius 1 is 0.920 bits per heavy atom. The molecule has 2 aromatic heterocycles. The van der Waals surface area contributed by atoms with Crippen LogP contribution in [0.25, 0.3) is 10.9 Å². The quantitative estimate of drug-likeness (QED) is 0.166. The van der Waals surface area contributed by atoms with Gasteiger partial charge in [0.2, 0.25) is 5.88 Å². The second-order valence-electron chi connectivity index (χ2n) is 11.8. The van der Waals surface area contributed by atoms with Gasteiger partial charge in [0.15, 0.2) is 11.5 Å². The highest BCUT2D eigenvalue weighted by molar-refractivity contribution is 8.93. The smallest absolute Gasteiger partial charge is 0.439 e. The van der Waals surface area contributed by atoms with Gasteiger partial charge in [-0.05, 0) is 60.2 Å². The van der Waals surface area contributed by atoms with Crippen LogP contribution in [-0.2, 0) is 13.6 Å². The molecule has 0 bridgehead atoms. The van der Waals surface area contributed by atoms with Gasteiger partial charge >= 0.3 is 6.29 Å². The summed E-state index contributed by atoms with van der Waals surface area (Å²) in [5.74, 6) is 0.558. The molecule has 15 heteroatoms. The minimum absolute atomic E-state index is 0. The lowest BCUT2D eigenvalue weighted by molar-refractivity contribution is -0.286. The van der Waals surface area contributed by atoms with Crippen LogP contribution >= 0.6 is 40.2 Å². The minimum atomic E-state index is -3.65. The molecule has 1 fully saturated rings. The van der Waals surface area contributed by atoms with E-state index in [4.69, 9.17) is 27.9 Å². The standard InChI is InChI=1S/C35H29Cl2F2N5O5.BrH/c1-41(33(45)23-5-8-26(36)27(37)16-23)24-6-10-32(40-19-24)47-25-7-4-22-17-29(42(2)28(22)18-25)34(46)44-13-11-43(12-14-44)20-21-3-9-30-31(15-21)49-35(38,39)48-30;/h3-10,15-19H,11-14,20H2,1-2H3;1H. The number of pyridine rings is 1. The number of benzene rings is 3. The first kappa shape index (κ1) is 35.4. The van der Waals surface area contributed by atoms with Gasteiger partial charge in [0.05, 0.1) is 27.4 Å². The molecule has 0 aliphatic carbocycles. The van der Waals surface area contributed by atoms with E-state index in [2.05, 4.69) is 19.4 Å². The molecular formula is C35H30BrCl2F2N5O5. The highest BCUT2D eigenvalue weighted by Crippen LogP contribution is 2.41. The van der Waals surface area contributed by atoms with Crippen LogP contribution in [0, 0.1) is 0 Å². The number of aryl methyl sites for hydroxylation is 1. The number of carbonyl (C=O) groups excluding carboxylic acids is 2. The molecule has 0 spiro atoms. The van der Waals surface area contributed by atoms with Crippen molar-refractivity contribution in [2.75, 3.05) is 38.1 Å². The lowest BCUT2D eigenvalue weighted by Crippen LogP contribution is -2.48. The number of ether oxygens (including phenoxy) is 3. The van der Waals surface area contributed by atoms with Gasteiger partial charge in [0.25, 0.3) is 11.8 Å². The number of aromatic nitrogens is 2. The van der Waals surface area contributed by atoms with Crippen LogP contribution in [0.3, 0.4) is 0 Å². The zero-order valence-corrected chi connectivity index (χ0v) is 30.0. The zero-order chi connectivity index (χ0) is 34.4. The van der Waals surface area contributed by atoms with Crippen molar-refractivity contribution >= 4 is 68.6 Å². The second-order valence-corrected chi connectivity index (χ2v) is 12.6. The summed E-state index contributed by atoms with van der Waals surface area (Å²) in [5, 5.41) is 1.55. The molecule has 0 unspecified atom stereocenters. The van der Waals surface area contributed by atoms with Crippen molar-refractivity contribution in [3.8, 4) is 23.1 Å². The Hall–Kier alpha value is -4.43. The van der Waals surface area contributed by atoms with E-state index in [-0.39, 0.29) is 40.3 Å². The number of halogens is 5. The summed E-state index contributed by atoms with van der Waals surface area (Å²) in [6.45, 7) is 2.83. The summed E-state index contributed by atoms with van der Waals surface area (Å²) in [6, 6.07) is 20.3. The summed E-state index contributed by atoms with van der Waals surface area (Å²) in [7, 11) is 3.48. The maximum absolute atomic E-state index is 13.6. The molecule has 0 N–H and O–H groups in total. The number of piperazine rings is 1. The van der Waals surface area contributed by atoms with E-state index in [9.17, 15) is 18.4 Å². The van der Waals surface area contributed by atoms with Crippen LogP contribution in [0.2, 0.25) is 10.0 Å². The maximum atomic E-state index is 13.6. The van der Waals surface area contributed by atoms with Crippen LogP contribution in [0.15, 0.2) is 79.0 Å². The van der Waals surface area contributed by atoms with Crippen molar-refractivity contribution < 1.29 is 32.6 Å². The number of carbonyl (C=O) groups is 2. The van der Waals surface area contributed by atoms with Crippen LogP contribution < -0.4 is 19.1 Å². The van der Waals surface area contributed by atoms with Crippen molar-refractivity contribution in [1.29, 1.82) is 0 Å². The molecule has 10 nitrogen and oxygen atoms in total. The molecule has 3 aromatic carbocycles. The monoisotopic (exact) mass is 787 g/mol. The number of amides is 2. The number of hydrogen-bond donors (Lipinski definition) is 0. The van der Waals surface area contributed by atoms with Crippen molar-refractivity contribution in [2.45, 2.75) is 12.8 Å². The predicted molar refractivity (Wildman–Crippen MR) is 191 cm³/mol. The first-order valence-corrected chi connectivity index (χ1v) is 16.1. The van der Waals surface area contributed by atoms with Crippen molar-refractivity contribution in [3.05, 3.63) is 106 Å². The highest BCUT2D eigenvalue weighted by atomic mass is 79.9. The van der Waals surface area contributed by atoms with E-state index in [1.165, 1.54) is 17.0 Å². The summed E-state index contributed by atoms with van der Waals surface area (Å²) in [6.07, 6.45) is -2.11. The number of hydrogen-bond acceptors (Lipinski definition) is 7. The maximum Gasteiger partial charge on any atom is 0.586 e. The molecular weight excluding hydrogens is 759 g/mol. The van der Waals surface area contributed by atoms with E-state index in [1.54, 1.807) is 49.6 Å². The van der Waals surface area contributed by atoms with Gasteiger partial charge in [0.1, 0.15) is 11.4 Å². The molecule has 50 heavy (non-hydrogen) atoms. The van der Waals surface area contributed by atoms with E-state index < -0.39 is 6.29 Å². The topological polar surface area (TPSA) is 89.4 Å². The van der Waals surface area contributed by atoms with Gasteiger partial charge in [-0.25, -0.2) is 4.98 Å². The van der Waals surface area contributed by atoms with Crippen molar-refractivity contribution in [2.24, 2.45) is 7.05 Å². The van der Waals surface area contributed by atoms with Crippen LogP contribution in [0.4, 0.5) is 14.5 Å². The van der Waals surface area contributed by atoms with E-state index in [0.29, 0.717) is 71.3 Å². The summed E-state index contributed by atoms with van der Waals surface area (Å²) >= 11 is 12.1. The van der Waals surface area contributed by atoms with Gasteiger partial charge in [-0.15, -0.1) is 25.8 Å². The van der Waals surface area contributed by atoms with Gasteiger partial charge < -0.3 is 28.6 Å². The largest absolute Gasteiger partial charge is 0.586 e. The van der Waals surface area contributed by atoms with Crippen molar-refractivity contribution in [3.63, 3.8) is 0 Å². The average Bonchev–Trinajstić information content (AvgIpc) is 3.59. The Bertz CT molecular complexity index is 2090. The van der Waals surface area contributed by atoms with Crippen LogP contribution in [-0.4, -0.2) is 70.7 Å². The van der Waals surface area contributed by atoms with Crippen LogP contribution in [0.1, 0.15) is 26.4 Å². The molecule has 0 radical (unpaired) electrons. The Morgan fingerprint density at radius 3 is 2.40 bits per heavy atom. The van der Waals surface area contributed by atoms with E-state index in [0.717, 1.165) is 16.5 Å². The van der Waals surface area contributed by atoms with Gasteiger partial charge in [-0.2, -0.15) is 0 Å². The molecule has 7 rings (SSSR count). The Balaban J connectivity index is 0.00000432. The number of nitrogens with zero attached hydrogens (tertiary/aromatic N) is 5. The average molecular weight is 789 g/mol. The summed E-state index contributed by atoms with van der Waals surface area (Å²) < 4.78 is 43.7. The Morgan fingerprint density at radius 2 is 1.68 bits per heavy atom. The Kier molecular flexibility index (Phi) is 9.95. The predicted octanol–water partition coefficient (Wildman–Crippen LogP) is 7.81. The van der Waals surface area contributed by atoms with Crippen LogP contribution in [0.5, 0.6) is 23.1 Å². The lowest BCUT2D eigenvalue weighted by Gasteiger charge is -2.34. The third-order valence-corrected chi connectivity index (χ3v) is 9.31.